The van der Waals surface area contributed by atoms with Crippen molar-refractivity contribution in [3.63, 3.8) is 0 Å². The molecule has 1 saturated heterocycles. The average Bonchev–Trinajstić information content (AvgIpc) is 2.33. The van der Waals surface area contributed by atoms with E-state index in [4.69, 9.17) is 21.1 Å². The Bertz CT molecular complexity index is 363. The first-order valence-electron chi connectivity index (χ1n) is 4.87. The molecule has 0 aromatic carbocycles. The van der Waals surface area contributed by atoms with Crippen molar-refractivity contribution in [2.24, 2.45) is 0 Å². The molecule has 0 spiro atoms. The quantitative estimate of drug-likeness (QED) is 0.843. The Kier molecular flexibility index (Phi) is 3.71. The van der Waals surface area contributed by atoms with Gasteiger partial charge in [0.2, 0.25) is 0 Å². The second-order valence-electron chi connectivity index (χ2n) is 3.29. The lowest BCUT2D eigenvalue weighted by atomic mass is 10.3. The van der Waals surface area contributed by atoms with Crippen LogP contribution in [0, 0.1) is 0 Å². The Balaban J connectivity index is 1.93. The van der Waals surface area contributed by atoms with E-state index in [9.17, 15) is 4.79 Å². The number of anilines is 1. The van der Waals surface area contributed by atoms with Crippen LogP contribution in [0.2, 0.25) is 5.02 Å². The van der Waals surface area contributed by atoms with E-state index in [1.54, 1.807) is 12.1 Å². The fraction of sp³-hybridized carbons (Fsp3) is 0.400. The summed E-state index contributed by atoms with van der Waals surface area (Å²) in [4.78, 5) is 15.6. The van der Waals surface area contributed by atoms with Crippen LogP contribution in [0.25, 0.3) is 0 Å². The molecule has 1 aliphatic rings. The number of hydrogen-bond donors (Lipinski definition) is 1. The summed E-state index contributed by atoms with van der Waals surface area (Å²) in [6.07, 6.45) is 0.904. The highest BCUT2D eigenvalue weighted by Gasteiger charge is 2.22. The normalized spacial score (nSPS) is 20.4. The van der Waals surface area contributed by atoms with Gasteiger partial charge in [-0.15, -0.1) is 0 Å². The third-order valence-corrected chi connectivity index (χ3v) is 2.31. The van der Waals surface area contributed by atoms with Crippen molar-refractivity contribution in [1.29, 1.82) is 0 Å². The molecule has 16 heavy (non-hydrogen) atoms. The highest BCUT2D eigenvalue weighted by atomic mass is 35.5. The van der Waals surface area contributed by atoms with Crippen LogP contribution in [-0.4, -0.2) is 36.8 Å². The smallest absolute Gasteiger partial charge is 0.257 e. The Labute approximate surface area is 97.7 Å². The lowest BCUT2D eigenvalue weighted by Gasteiger charge is -2.21. The highest BCUT2D eigenvalue weighted by molar-refractivity contribution is 6.30. The molecule has 0 aliphatic carbocycles. The monoisotopic (exact) mass is 242 g/mol. The highest BCUT2D eigenvalue weighted by Crippen LogP contribution is 2.10. The van der Waals surface area contributed by atoms with E-state index in [0.29, 0.717) is 24.1 Å². The number of hydrogen-bond acceptors (Lipinski definition) is 4. The molecule has 6 heteroatoms. The maximum absolute atomic E-state index is 11.7. The molecule has 2 heterocycles. The number of carbonyl (C=O) groups excluding carboxylic acids is 1. The first-order chi connectivity index (χ1) is 7.75. The summed E-state index contributed by atoms with van der Waals surface area (Å²) >= 11 is 5.68. The molecule has 2 rings (SSSR count). The molecule has 1 unspecified atom stereocenters. The first-order valence-corrected chi connectivity index (χ1v) is 5.25. The Morgan fingerprint density at radius 3 is 3.00 bits per heavy atom. The lowest BCUT2D eigenvalue weighted by Crippen LogP contribution is -2.39. The third kappa shape index (κ3) is 2.91. The summed E-state index contributed by atoms with van der Waals surface area (Å²) in [7, 11) is 0. The molecule has 5 nitrogen and oxygen atoms in total. The molecule has 0 saturated carbocycles. The number of rotatable bonds is 2. The van der Waals surface area contributed by atoms with E-state index < -0.39 is 6.10 Å². The second kappa shape index (κ2) is 5.25. The predicted molar refractivity (Wildman–Crippen MR) is 58.4 cm³/mol. The molecule has 86 valence electrons. The maximum atomic E-state index is 11.7. The zero-order valence-corrected chi connectivity index (χ0v) is 9.24. The second-order valence-corrected chi connectivity index (χ2v) is 3.72. The van der Waals surface area contributed by atoms with Gasteiger partial charge in [0.25, 0.3) is 5.91 Å². The van der Waals surface area contributed by atoms with Gasteiger partial charge in [0.1, 0.15) is 5.82 Å². The van der Waals surface area contributed by atoms with Crippen LogP contribution in [0.1, 0.15) is 0 Å². The number of carbonyl (C=O) groups is 1. The molecule has 1 amide bonds. The Hall–Kier alpha value is -1.17. The standard InChI is InChI=1S/C10H11ClN2O3/c11-7-1-2-9(12-5-7)13-10(14)8-6-15-3-4-16-8/h1-2,5,8H,3-4,6H2,(H,12,13,14). The van der Waals surface area contributed by atoms with Crippen molar-refractivity contribution >= 4 is 23.3 Å². The number of nitrogens with zero attached hydrogens (tertiary/aromatic N) is 1. The Morgan fingerprint density at radius 2 is 2.38 bits per heavy atom. The van der Waals surface area contributed by atoms with Crippen molar-refractivity contribution in [1.82, 2.24) is 4.98 Å². The molecule has 1 fully saturated rings. The Morgan fingerprint density at radius 1 is 1.50 bits per heavy atom. The van der Waals surface area contributed by atoms with Gasteiger partial charge in [0.15, 0.2) is 6.10 Å². The van der Waals surface area contributed by atoms with Crippen LogP contribution in [0.3, 0.4) is 0 Å². The van der Waals surface area contributed by atoms with E-state index in [-0.39, 0.29) is 12.5 Å². The zero-order chi connectivity index (χ0) is 11.4. The molecule has 0 bridgehead atoms. The van der Waals surface area contributed by atoms with Gasteiger partial charge in [-0.2, -0.15) is 0 Å². The van der Waals surface area contributed by atoms with E-state index in [2.05, 4.69) is 10.3 Å². The van der Waals surface area contributed by atoms with Gasteiger partial charge in [-0.25, -0.2) is 4.98 Å². The minimum atomic E-state index is -0.564. The van der Waals surface area contributed by atoms with Crippen LogP contribution in [-0.2, 0) is 14.3 Å². The maximum Gasteiger partial charge on any atom is 0.257 e. The van der Waals surface area contributed by atoms with E-state index in [0.717, 1.165) is 0 Å². The summed E-state index contributed by atoms with van der Waals surface area (Å²) in [6, 6.07) is 3.28. The largest absolute Gasteiger partial charge is 0.376 e. The number of nitrogens with one attached hydrogen (secondary N) is 1. The average molecular weight is 243 g/mol. The van der Waals surface area contributed by atoms with Crippen LogP contribution in [0.5, 0.6) is 0 Å². The van der Waals surface area contributed by atoms with Gasteiger partial charge in [-0.3, -0.25) is 4.79 Å². The van der Waals surface area contributed by atoms with E-state index in [1.165, 1.54) is 6.20 Å². The summed E-state index contributed by atoms with van der Waals surface area (Å²) < 4.78 is 10.4. The van der Waals surface area contributed by atoms with Gasteiger partial charge in [0, 0.05) is 6.20 Å². The lowest BCUT2D eigenvalue weighted by molar-refractivity contribution is -0.142. The van der Waals surface area contributed by atoms with E-state index >= 15 is 0 Å². The van der Waals surface area contributed by atoms with E-state index in [1.807, 2.05) is 0 Å². The fourth-order valence-corrected chi connectivity index (χ4v) is 1.41. The molecular weight excluding hydrogens is 232 g/mol. The van der Waals surface area contributed by atoms with Crippen LogP contribution < -0.4 is 5.32 Å². The zero-order valence-electron chi connectivity index (χ0n) is 8.48. The fourth-order valence-electron chi connectivity index (χ4n) is 1.30. The predicted octanol–water partition coefficient (Wildman–Crippen LogP) is 1.09. The van der Waals surface area contributed by atoms with Gasteiger partial charge >= 0.3 is 0 Å². The molecule has 0 radical (unpaired) electrons. The molecule has 1 aromatic rings. The van der Waals surface area contributed by atoms with Crippen LogP contribution in [0.15, 0.2) is 18.3 Å². The van der Waals surface area contributed by atoms with Crippen molar-refractivity contribution < 1.29 is 14.3 Å². The molecule has 1 aliphatic heterocycles. The minimum Gasteiger partial charge on any atom is -0.376 e. The summed E-state index contributed by atoms with van der Waals surface area (Å²) in [5, 5.41) is 3.15. The molecule has 1 N–H and O–H groups in total. The first kappa shape index (κ1) is 11.3. The number of aromatic nitrogens is 1. The van der Waals surface area contributed by atoms with Crippen molar-refractivity contribution in [2.45, 2.75) is 6.10 Å². The molecule has 1 atom stereocenters. The van der Waals surface area contributed by atoms with Crippen molar-refractivity contribution in [3.8, 4) is 0 Å². The minimum absolute atomic E-state index is 0.255. The number of amides is 1. The van der Waals surface area contributed by atoms with Crippen molar-refractivity contribution in [3.05, 3.63) is 23.4 Å². The van der Waals surface area contributed by atoms with Gasteiger partial charge in [-0.05, 0) is 12.1 Å². The molecular formula is C10H11ClN2O3. The summed E-state index contributed by atoms with van der Waals surface area (Å²) in [5.41, 5.74) is 0. The summed E-state index contributed by atoms with van der Waals surface area (Å²) in [5.74, 6) is 0.193. The number of ether oxygens (including phenoxy) is 2. The number of pyridine rings is 1. The third-order valence-electron chi connectivity index (χ3n) is 2.09. The molecule has 1 aromatic heterocycles. The van der Waals surface area contributed by atoms with Crippen LogP contribution >= 0.6 is 11.6 Å². The SMILES string of the molecule is O=C(Nc1ccc(Cl)cn1)C1COCCO1. The van der Waals surface area contributed by atoms with Gasteiger partial charge in [0.05, 0.1) is 24.8 Å². The van der Waals surface area contributed by atoms with Crippen molar-refractivity contribution in [2.75, 3.05) is 25.1 Å². The van der Waals surface area contributed by atoms with Crippen LogP contribution in [0.4, 0.5) is 5.82 Å². The van der Waals surface area contributed by atoms with Gasteiger partial charge in [-0.1, -0.05) is 11.6 Å². The van der Waals surface area contributed by atoms with Gasteiger partial charge < -0.3 is 14.8 Å². The number of halogens is 1. The summed E-state index contributed by atoms with van der Waals surface area (Å²) in [6.45, 7) is 1.24. The topological polar surface area (TPSA) is 60.5 Å².